The standard InChI is InChI=1S/C17H28N2O/c1-3-11-20-16-9-7-15(8-10-16)17(18)13-19(2)12-14-5-4-6-14/h7-10,14,17H,3-6,11-13,18H2,1-2H3. The molecule has 0 aromatic heterocycles. The van der Waals surface area contributed by atoms with Gasteiger partial charge in [-0.2, -0.15) is 0 Å². The van der Waals surface area contributed by atoms with Crippen LogP contribution in [0, 0.1) is 5.92 Å². The van der Waals surface area contributed by atoms with Gasteiger partial charge in [0.25, 0.3) is 0 Å². The van der Waals surface area contributed by atoms with E-state index in [2.05, 4.69) is 31.0 Å². The predicted octanol–water partition coefficient (Wildman–Crippen LogP) is 3.21. The van der Waals surface area contributed by atoms with E-state index in [9.17, 15) is 0 Å². The number of likely N-dealkylation sites (N-methyl/N-ethyl adjacent to an activating group) is 1. The van der Waals surface area contributed by atoms with Crippen LogP contribution in [0.1, 0.15) is 44.2 Å². The van der Waals surface area contributed by atoms with Gasteiger partial charge in [0.05, 0.1) is 6.61 Å². The van der Waals surface area contributed by atoms with Crippen LogP contribution in [0.3, 0.4) is 0 Å². The molecule has 1 aromatic carbocycles. The van der Waals surface area contributed by atoms with Gasteiger partial charge < -0.3 is 15.4 Å². The summed E-state index contributed by atoms with van der Waals surface area (Å²) in [6.07, 6.45) is 5.23. The number of rotatable bonds is 8. The molecular formula is C17H28N2O. The zero-order valence-electron chi connectivity index (χ0n) is 12.8. The van der Waals surface area contributed by atoms with E-state index in [-0.39, 0.29) is 6.04 Å². The average Bonchev–Trinajstić information content (AvgIpc) is 2.41. The molecule has 1 aliphatic carbocycles. The number of hydrogen-bond acceptors (Lipinski definition) is 3. The van der Waals surface area contributed by atoms with Crippen molar-refractivity contribution >= 4 is 0 Å². The zero-order chi connectivity index (χ0) is 14.4. The fourth-order valence-electron chi connectivity index (χ4n) is 2.66. The first-order chi connectivity index (χ1) is 9.69. The van der Waals surface area contributed by atoms with E-state index in [0.29, 0.717) is 0 Å². The monoisotopic (exact) mass is 276 g/mol. The Morgan fingerprint density at radius 3 is 2.55 bits per heavy atom. The highest BCUT2D eigenvalue weighted by Gasteiger charge is 2.20. The highest BCUT2D eigenvalue weighted by molar-refractivity contribution is 5.29. The lowest BCUT2D eigenvalue weighted by Gasteiger charge is -2.31. The molecule has 20 heavy (non-hydrogen) atoms. The van der Waals surface area contributed by atoms with Gasteiger partial charge in [0.1, 0.15) is 5.75 Å². The summed E-state index contributed by atoms with van der Waals surface area (Å²) in [6, 6.07) is 8.31. The van der Waals surface area contributed by atoms with Crippen LogP contribution in [0.5, 0.6) is 5.75 Å². The lowest BCUT2D eigenvalue weighted by molar-refractivity contribution is 0.198. The van der Waals surface area contributed by atoms with Crippen LogP contribution in [0.15, 0.2) is 24.3 Å². The highest BCUT2D eigenvalue weighted by Crippen LogP contribution is 2.27. The zero-order valence-corrected chi connectivity index (χ0v) is 12.8. The van der Waals surface area contributed by atoms with Crippen molar-refractivity contribution in [3.8, 4) is 5.75 Å². The number of ether oxygens (including phenoxy) is 1. The molecule has 3 heteroatoms. The molecule has 1 saturated carbocycles. The highest BCUT2D eigenvalue weighted by atomic mass is 16.5. The van der Waals surface area contributed by atoms with Crippen molar-refractivity contribution < 1.29 is 4.74 Å². The van der Waals surface area contributed by atoms with Crippen molar-refractivity contribution in [1.82, 2.24) is 4.90 Å². The van der Waals surface area contributed by atoms with Gasteiger partial charge in [-0.15, -0.1) is 0 Å². The molecule has 1 atom stereocenters. The molecule has 0 bridgehead atoms. The molecule has 0 amide bonds. The molecule has 2 rings (SSSR count). The number of nitrogens with two attached hydrogens (primary N) is 1. The molecule has 1 fully saturated rings. The van der Waals surface area contributed by atoms with Crippen LogP contribution in [-0.2, 0) is 0 Å². The van der Waals surface area contributed by atoms with Crippen LogP contribution in [0.4, 0.5) is 0 Å². The number of benzene rings is 1. The molecule has 2 N–H and O–H groups in total. The molecule has 0 saturated heterocycles. The van der Waals surface area contributed by atoms with E-state index in [1.54, 1.807) is 0 Å². The molecule has 1 unspecified atom stereocenters. The minimum Gasteiger partial charge on any atom is -0.494 e. The van der Waals surface area contributed by atoms with Crippen LogP contribution in [0.25, 0.3) is 0 Å². The Balaban J connectivity index is 1.79. The summed E-state index contributed by atoms with van der Waals surface area (Å²) in [4.78, 5) is 2.37. The Morgan fingerprint density at radius 1 is 1.30 bits per heavy atom. The maximum absolute atomic E-state index is 6.30. The first kappa shape index (κ1) is 15.3. The Kier molecular flexibility index (Phi) is 5.86. The van der Waals surface area contributed by atoms with Crippen molar-refractivity contribution in [1.29, 1.82) is 0 Å². The summed E-state index contributed by atoms with van der Waals surface area (Å²) in [7, 11) is 2.18. The van der Waals surface area contributed by atoms with Gasteiger partial charge in [0, 0.05) is 19.1 Å². The normalized spacial score (nSPS) is 17.0. The maximum atomic E-state index is 6.30. The number of nitrogens with zero attached hydrogens (tertiary/aromatic N) is 1. The van der Waals surface area contributed by atoms with E-state index in [0.717, 1.165) is 31.2 Å². The van der Waals surface area contributed by atoms with Crippen molar-refractivity contribution in [3.63, 3.8) is 0 Å². The molecular weight excluding hydrogens is 248 g/mol. The lowest BCUT2D eigenvalue weighted by atomic mass is 9.85. The maximum Gasteiger partial charge on any atom is 0.119 e. The molecule has 0 radical (unpaired) electrons. The first-order valence-corrected chi connectivity index (χ1v) is 7.86. The van der Waals surface area contributed by atoms with Crippen LogP contribution in [-0.4, -0.2) is 31.6 Å². The van der Waals surface area contributed by atoms with Crippen LogP contribution >= 0.6 is 0 Å². The molecule has 3 nitrogen and oxygen atoms in total. The summed E-state index contributed by atoms with van der Waals surface area (Å²) >= 11 is 0. The third kappa shape index (κ3) is 4.50. The molecule has 0 aliphatic heterocycles. The van der Waals surface area contributed by atoms with E-state index in [4.69, 9.17) is 10.5 Å². The first-order valence-electron chi connectivity index (χ1n) is 7.86. The SMILES string of the molecule is CCCOc1ccc(C(N)CN(C)CC2CCC2)cc1. The minimum absolute atomic E-state index is 0.0836. The summed E-state index contributed by atoms with van der Waals surface area (Å²) in [6.45, 7) is 4.99. The van der Waals surface area contributed by atoms with E-state index < -0.39 is 0 Å². The second-order valence-corrected chi connectivity index (χ2v) is 6.04. The van der Waals surface area contributed by atoms with Crippen molar-refractivity contribution in [3.05, 3.63) is 29.8 Å². The predicted molar refractivity (Wildman–Crippen MR) is 84.0 cm³/mol. The molecule has 0 spiro atoms. The molecule has 1 aliphatic rings. The third-order valence-electron chi connectivity index (χ3n) is 4.08. The van der Waals surface area contributed by atoms with Gasteiger partial charge in [-0.25, -0.2) is 0 Å². The topological polar surface area (TPSA) is 38.5 Å². The van der Waals surface area contributed by atoms with Gasteiger partial charge >= 0.3 is 0 Å². The number of hydrogen-bond donors (Lipinski definition) is 1. The third-order valence-corrected chi connectivity index (χ3v) is 4.08. The second kappa shape index (κ2) is 7.65. The summed E-state index contributed by atoms with van der Waals surface area (Å²) < 4.78 is 5.59. The lowest BCUT2D eigenvalue weighted by Crippen LogP contribution is -2.34. The van der Waals surface area contributed by atoms with Crippen LogP contribution in [0.2, 0.25) is 0 Å². The fraction of sp³-hybridized carbons (Fsp3) is 0.647. The summed E-state index contributed by atoms with van der Waals surface area (Å²) in [5, 5.41) is 0. The van der Waals surface area contributed by atoms with Gasteiger partial charge in [-0.1, -0.05) is 25.5 Å². The molecule has 1 aromatic rings. The minimum atomic E-state index is 0.0836. The van der Waals surface area contributed by atoms with Crippen LogP contribution < -0.4 is 10.5 Å². The van der Waals surface area contributed by atoms with Crippen molar-refractivity contribution in [2.45, 2.75) is 38.6 Å². The largest absolute Gasteiger partial charge is 0.494 e. The molecule has 112 valence electrons. The van der Waals surface area contributed by atoms with E-state index >= 15 is 0 Å². The van der Waals surface area contributed by atoms with Crippen molar-refractivity contribution in [2.75, 3.05) is 26.7 Å². The Labute approximate surface area is 123 Å². The van der Waals surface area contributed by atoms with E-state index in [1.165, 1.54) is 31.4 Å². The second-order valence-electron chi connectivity index (χ2n) is 6.04. The fourth-order valence-corrected chi connectivity index (χ4v) is 2.66. The van der Waals surface area contributed by atoms with Gasteiger partial charge in [0.2, 0.25) is 0 Å². The Morgan fingerprint density at radius 2 is 2.00 bits per heavy atom. The van der Waals surface area contributed by atoms with Gasteiger partial charge in [-0.3, -0.25) is 0 Å². The van der Waals surface area contributed by atoms with E-state index in [1.807, 2.05) is 12.1 Å². The molecule has 0 heterocycles. The summed E-state index contributed by atoms with van der Waals surface area (Å²) in [5.74, 6) is 1.84. The van der Waals surface area contributed by atoms with Crippen molar-refractivity contribution in [2.24, 2.45) is 11.7 Å². The van der Waals surface area contributed by atoms with Gasteiger partial charge in [-0.05, 0) is 49.9 Å². The smallest absolute Gasteiger partial charge is 0.119 e. The average molecular weight is 276 g/mol. The Bertz CT molecular complexity index is 386. The quantitative estimate of drug-likeness (QED) is 0.792. The Hall–Kier alpha value is -1.06. The van der Waals surface area contributed by atoms with Gasteiger partial charge in [0.15, 0.2) is 0 Å². The summed E-state index contributed by atoms with van der Waals surface area (Å²) in [5.41, 5.74) is 7.49.